The number of anilines is 2. The number of rotatable bonds is 4. The number of nitrogens with two attached hydrogens (primary N) is 1. The van der Waals surface area contributed by atoms with Crippen LogP contribution in [0.4, 0.5) is 29.3 Å². The molecule has 1 saturated heterocycles. The van der Waals surface area contributed by atoms with Crippen molar-refractivity contribution in [2.75, 3.05) is 18.0 Å². The van der Waals surface area contributed by atoms with Gasteiger partial charge in [0.2, 0.25) is 0 Å². The molecule has 0 aliphatic carbocycles. The maximum atomic E-state index is 13.4. The summed E-state index contributed by atoms with van der Waals surface area (Å²) in [7, 11) is 0. The smallest absolute Gasteiger partial charge is 0.351 e. The molecule has 1 aliphatic heterocycles. The van der Waals surface area contributed by atoms with E-state index >= 15 is 0 Å². The van der Waals surface area contributed by atoms with E-state index < -0.39 is 22.8 Å². The van der Waals surface area contributed by atoms with Gasteiger partial charge in [0.15, 0.2) is 5.82 Å². The fraction of sp³-hybridized carbons (Fsp3) is 0.286. The van der Waals surface area contributed by atoms with Gasteiger partial charge in [-0.25, -0.2) is 9.89 Å². The first-order valence-corrected chi connectivity index (χ1v) is 10.7. The Hall–Kier alpha value is -3.67. The Morgan fingerprint density at radius 2 is 1.82 bits per heavy atom. The summed E-state index contributed by atoms with van der Waals surface area (Å²) in [6.45, 7) is 1.25. The molecule has 1 aromatic heterocycles. The van der Waals surface area contributed by atoms with Crippen molar-refractivity contribution in [2.45, 2.75) is 25.4 Å². The molecule has 0 spiro atoms. The molecule has 178 valence electrons. The van der Waals surface area contributed by atoms with Gasteiger partial charge in [-0.15, -0.1) is 5.10 Å². The van der Waals surface area contributed by atoms with Crippen molar-refractivity contribution in [3.05, 3.63) is 52.5 Å². The predicted octanol–water partition coefficient (Wildman–Crippen LogP) is 4.38. The van der Waals surface area contributed by atoms with Crippen LogP contribution in [0.25, 0.3) is 11.4 Å². The molecule has 3 N–H and O–H groups in total. The monoisotopic (exact) mass is 493 g/mol. The van der Waals surface area contributed by atoms with Gasteiger partial charge in [0.05, 0.1) is 22.0 Å². The van der Waals surface area contributed by atoms with Crippen LogP contribution in [-0.2, 0) is 6.18 Å². The maximum absolute atomic E-state index is 13.4. The SMILES string of the molecule is NC(=O)N(c1ccc(Cl)c(C(F)(F)F)c1)c1ccc(C(=O)N2CCCCC2)cc1-c1nnn[nH]1. The molecule has 2 heterocycles. The number of primary amides is 1. The largest absolute Gasteiger partial charge is 0.417 e. The van der Waals surface area contributed by atoms with Crippen LogP contribution < -0.4 is 10.6 Å². The number of tetrazole rings is 1. The maximum Gasteiger partial charge on any atom is 0.417 e. The highest BCUT2D eigenvalue weighted by Crippen LogP contribution is 2.40. The Bertz CT molecular complexity index is 1210. The van der Waals surface area contributed by atoms with E-state index in [9.17, 15) is 22.8 Å². The second-order valence-electron chi connectivity index (χ2n) is 7.67. The average Bonchev–Trinajstić information content (AvgIpc) is 3.34. The van der Waals surface area contributed by atoms with E-state index in [-0.39, 0.29) is 28.7 Å². The molecule has 1 aliphatic rings. The molecule has 0 radical (unpaired) electrons. The molecule has 0 saturated carbocycles. The highest BCUT2D eigenvalue weighted by Gasteiger charge is 2.34. The van der Waals surface area contributed by atoms with E-state index in [1.165, 1.54) is 24.3 Å². The standard InChI is InChI=1S/C21H19ClF3N7O2/c22-16-6-5-13(11-15(16)21(23,24)25)32(20(26)34)17-7-4-12(10-14(17)18-27-29-30-28-18)19(33)31-8-2-1-3-9-31/h4-7,10-11H,1-3,8-9H2,(H2,26,34)(H,27,28,29,30). The summed E-state index contributed by atoms with van der Waals surface area (Å²) in [6, 6.07) is 6.31. The van der Waals surface area contributed by atoms with Crippen LogP contribution in [0.2, 0.25) is 5.02 Å². The first kappa shape index (κ1) is 23.5. The normalized spacial score (nSPS) is 14.2. The van der Waals surface area contributed by atoms with Crippen molar-refractivity contribution in [3.8, 4) is 11.4 Å². The van der Waals surface area contributed by atoms with E-state index in [0.717, 1.165) is 36.3 Å². The van der Waals surface area contributed by atoms with Gasteiger partial charge in [0.1, 0.15) is 0 Å². The number of benzene rings is 2. The second-order valence-corrected chi connectivity index (χ2v) is 8.08. The van der Waals surface area contributed by atoms with Gasteiger partial charge in [-0.1, -0.05) is 11.6 Å². The number of aromatic amines is 1. The third-order valence-electron chi connectivity index (χ3n) is 5.46. The van der Waals surface area contributed by atoms with Gasteiger partial charge < -0.3 is 10.6 Å². The zero-order valence-electron chi connectivity index (χ0n) is 17.6. The summed E-state index contributed by atoms with van der Waals surface area (Å²) in [6.07, 6.45) is -1.91. The van der Waals surface area contributed by atoms with Crippen molar-refractivity contribution < 1.29 is 22.8 Å². The average molecular weight is 494 g/mol. The number of piperidine rings is 1. The Labute approximate surface area is 196 Å². The highest BCUT2D eigenvalue weighted by molar-refractivity contribution is 6.31. The first-order valence-electron chi connectivity index (χ1n) is 10.3. The number of hydrogen-bond acceptors (Lipinski definition) is 5. The van der Waals surface area contributed by atoms with Crippen molar-refractivity contribution in [1.82, 2.24) is 25.5 Å². The van der Waals surface area contributed by atoms with Gasteiger partial charge in [0.25, 0.3) is 5.91 Å². The van der Waals surface area contributed by atoms with Gasteiger partial charge in [0, 0.05) is 24.2 Å². The molecule has 3 amide bonds. The van der Waals surface area contributed by atoms with Crippen LogP contribution in [0, 0.1) is 0 Å². The Morgan fingerprint density at radius 3 is 2.44 bits per heavy atom. The lowest BCUT2D eigenvalue weighted by atomic mass is 10.0. The topological polar surface area (TPSA) is 121 Å². The van der Waals surface area contributed by atoms with E-state index in [2.05, 4.69) is 20.6 Å². The second kappa shape index (κ2) is 9.29. The molecule has 0 atom stereocenters. The zero-order valence-corrected chi connectivity index (χ0v) is 18.4. The third kappa shape index (κ3) is 4.67. The minimum atomic E-state index is -4.75. The number of H-pyrrole nitrogens is 1. The summed E-state index contributed by atoms with van der Waals surface area (Å²) >= 11 is 5.72. The van der Waals surface area contributed by atoms with Crippen LogP contribution >= 0.6 is 11.6 Å². The fourth-order valence-corrected chi connectivity index (χ4v) is 4.09. The lowest BCUT2D eigenvalue weighted by Crippen LogP contribution is -2.36. The molecule has 1 fully saturated rings. The fourth-order valence-electron chi connectivity index (χ4n) is 3.86. The zero-order chi connectivity index (χ0) is 24.5. The van der Waals surface area contributed by atoms with Crippen LogP contribution in [0.3, 0.4) is 0 Å². The van der Waals surface area contributed by atoms with Gasteiger partial charge >= 0.3 is 12.2 Å². The van der Waals surface area contributed by atoms with Crippen molar-refractivity contribution >= 4 is 34.9 Å². The predicted molar refractivity (Wildman–Crippen MR) is 118 cm³/mol. The number of nitrogens with one attached hydrogen (secondary N) is 1. The van der Waals surface area contributed by atoms with Crippen molar-refractivity contribution in [3.63, 3.8) is 0 Å². The first-order chi connectivity index (χ1) is 16.2. The van der Waals surface area contributed by atoms with Crippen molar-refractivity contribution in [1.29, 1.82) is 0 Å². The molecule has 9 nitrogen and oxygen atoms in total. The number of halogens is 4. The Morgan fingerprint density at radius 1 is 1.09 bits per heavy atom. The number of carbonyl (C=O) groups is 2. The molecule has 13 heteroatoms. The molecule has 0 bridgehead atoms. The summed E-state index contributed by atoms with van der Waals surface area (Å²) in [5.74, 6) is -0.115. The molecule has 34 heavy (non-hydrogen) atoms. The quantitative estimate of drug-likeness (QED) is 0.558. The van der Waals surface area contributed by atoms with Crippen LogP contribution in [-0.4, -0.2) is 50.6 Å². The lowest BCUT2D eigenvalue weighted by molar-refractivity contribution is -0.137. The molecule has 0 unspecified atom stereocenters. The Kier molecular flexibility index (Phi) is 6.42. The van der Waals surface area contributed by atoms with E-state index in [4.69, 9.17) is 17.3 Å². The van der Waals surface area contributed by atoms with Crippen LogP contribution in [0.5, 0.6) is 0 Å². The van der Waals surface area contributed by atoms with E-state index in [1.807, 2.05) is 0 Å². The van der Waals surface area contributed by atoms with Crippen molar-refractivity contribution in [2.24, 2.45) is 5.73 Å². The highest BCUT2D eigenvalue weighted by atomic mass is 35.5. The number of aromatic nitrogens is 4. The van der Waals surface area contributed by atoms with Crippen LogP contribution in [0.15, 0.2) is 36.4 Å². The van der Waals surface area contributed by atoms with Gasteiger partial charge in [-0.2, -0.15) is 13.2 Å². The Balaban J connectivity index is 1.83. The molecule has 4 rings (SSSR count). The number of carbonyl (C=O) groups excluding carboxylic acids is 2. The van der Waals surface area contributed by atoms with E-state index in [1.54, 1.807) is 4.90 Å². The summed E-state index contributed by atoms with van der Waals surface area (Å²) < 4.78 is 40.3. The lowest BCUT2D eigenvalue weighted by Gasteiger charge is -2.28. The number of likely N-dealkylation sites (tertiary alicyclic amines) is 1. The third-order valence-corrected chi connectivity index (χ3v) is 5.79. The summed E-state index contributed by atoms with van der Waals surface area (Å²) in [4.78, 5) is 28.0. The number of nitrogens with zero attached hydrogens (tertiary/aromatic N) is 5. The van der Waals surface area contributed by atoms with Gasteiger partial charge in [-0.3, -0.25) is 9.69 Å². The van der Waals surface area contributed by atoms with E-state index in [0.29, 0.717) is 18.7 Å². The number of hydrogen-bond donors (Lipinski definition) is 2. The number of urea groups is 1. The summed E-state index contributed by atoms with van der Waals surface area (Å²) in [5.41, 5.74) is 4.87. The minimum Gasteiger partial charge on any atom is -0.351 e. The minimum absolute atomic E-state index is 0.0803. The summed E-state index contributed by atoms with van der Waals surface area (Å²) in [5, 5.41) is 12.9. The molecular formula is C21H19ClF3N7O2. The van der Waals surface area contributed by atoms with Crippen LogP contribution in [0.1, 0.15) is 35.2 Å². The molecular weight excluding hydrogens is 475 g/mol. The number of alkyl halides is 3. The number of amides is 3. The molecule has 3 aromatic rings. The molecule has 2 aromatic carbocycles. The van der Waals surface area contributed by atoms with Gasteiger partial charge in [-0.05, 0) is 66.1 Å².